The third-order valence-electron chi connectivity index (χ3n) is 3.45. The number of rotatable bonds is 8. The van der Waals surface area contributed by atoms with Gasteiger partial charge < -0.3 is 10.2 Å². The van der Waals surface area contributed by atoms with Crippen LogP contribution in [0.4, 0.5) is 0 Å². The van der Waals surface area contributed by atoms with Gasteiger partial charge in [0, 0.05) is 19.4 Å². The van der Waals surface area contributed by atoms with Crippen LogP contribution in [0.25, 0.3) is 0 Å². The fourth-order valence-corrected chi connectivity index (χ4v) is 2.21. The zero-order valence-electron chi connectivity index (χ0n) is 14.1. The minimum atomic E-state index is -0.723. The lowest BCUT2D eigenvalue weighted by Gasteiger charge is -2.24. The maximum absolute atomic E-state index is 12.1. The first kappa shape index (κ1) is 19.1. The summed E-state index contributed by atoms with van der Waals surface area (Å²) in [5.41, 5.74) is 0. The molecule has 8 nitrogen and oxygen atoms in total. The van der Waals surface area contributed by atoms with E-state index in [9.17, 15) is 19.2 Å². The molecule has 1 N–H and O–H groups in total. The molecule has 3 amide bonds. The van der Waals surface area contributed by atoms with Crippen molar-refractivity contribution < 1.29 is 24.0 Å². The summed E-state index contributed by atoms with van der Waals surface area (Å²) in [4.78, 5) is 52.9. The van der Waals surface area contributed by atoms with Crippen molar-refractivity contribution in [2.45, 2.75) is 45.6 Å². The molecular formula is C15H25N3O5. The number of carbonyl (C=O) groups is 4. The minimum absolute atomic E-state index is 0.0581. The molecule has 0 aromatic rings. The van der Waals surface area contributed by atoms with Crippen molar-refractivity contribution in [1.82, 2.24) is 15.3 Å². The maximum atomic E-state index is 12.1. The SMILES string of the molecule is CC(C)CC(C(=O)NCCC(=O)ON1C(=O)CCC1=O)N(C)C. The highest BCUT2D eigenvalue weighted by Crippen LogP contribution is 2.12. The fourth-order valence-electron chi connectivity index (χ4n) is 2.21. The number of nitrogens with one attached hydrogen (secondary N) is 1. The Bertz CT molecular complexity index is 460. The molecule has 0 bridgehead atoms. The van der Waals surface area contributed by atoms with Gasteiger partial charge in [-0.1, -0.05) is 13.8 Å². The molecule has 1 fully saturated rings. The summed E-state index contributed by atoms with van der Waals surface area (Å²) >= 11 is 0. The number of hydrogen-bond acceptors (Lipinski definition) is 6. The van der Waals surface area contributed by atoms with Gasteiger partial charge in [-0.15, -0.1) is 5.06 Å². The predicted molar refractivity (Wildman–Crippen MR) is 81.7 cm³/mol. The molecule has 0 aromatic carbocycles. The van der Waals surface area contributed by atoms with E-state index in [0.29, 0.717) is 17.4 Å². The second-order valence-corrected chi connectivity index (χ2v) is 6.20. The molecule has 130 valence electrons. The van der Waals surface area contributed by atoms with Gasteiger partial charge in [0.25, 0.3) is 11.8 Å². The molecular weight excluding hydrogens is 302 g/mol. The maximum Gasteiger partial charge on any atom is 0.334 e. The molecule has 0 saturated carbocycles. The quantitative estimate of drug-likeness (QED) is 0.634. The molecule has 1 saturated heterocycles. The van der Waals surface area contributed by atoms with Gasteiger partial charge in [0.15, 0.2) is 0 Å². The summed E-state index contributed by atoms with van der Waals surface area (Å²) in [6, 6.07) is -0.271. The molecule has 0 aromatic heterocycles. The molecule has 0 radical (unpaired) electrons. The van der Waals surface area contributed by atoms with Crippen LogP contribution in [-0.2, 0) is 24.0 Å². The normalized spacial score (nSPS) is 16.2. The largest absolute Gasteiger partial charge is 0.354 e. The van der Waals surface area contributed by atoms with Crippen LogP contribution in [0, 0.1) is 5.92 Å². The Kier molecular flexibility index (Phi) is 7.15. The fraction of sp³-hybridized carbons (Fsp3) is 0.733. The number of carbonyl (C=O) groups excluding carboxylic acids is 4. The first-order chi connectivity index (χ1) is 10.7. The topological polar surface area (TPSA) is 96.0 Å². The van der Waals surface area contributed by atoms with E-state index in [1.807, 2.05) is 32.8 Å². The molecule has 1 aliphatic heterocycles. The van der Waals surface area contributed by atoms with E-state index in [1.165, 1.54) is 0 Å². The van der Waals surface area contributed by atoms with Gasteiger partial charge in [-0.2, -0.15) is 0 Å². The summed E-state index contributed by atoms with van der Waals surface area (Å²) in [5, 5.41) is 3.18. The molecule has 0 spiro atoms. The van der Waals surface area contributed by atoms with E-state index in [1.54, 1.807) is 0 Å². The third-order valence-corrected chi connectivity index (χ3v) is 3.45. The number of hydroxylamine groups is 2. The van der Waals surface area contributed by atoms with Crippen LogP contribution >= 0.6 is 0 Å². The third kappa shape index (κ3) is 5.97. The molecule has 1 heterocycles. The van der Waals surface area contributed by atoms with Gasteiger partial charge in [-0.3, -0.25) is 19.3 Å². The lowest BCUT2D eigenvalue weighted by molar-refractivity contribution is -0.197. The van der Waals surface area contributed by atoms with E-state index < -0.39 is 17.8 Å². The van der Waals surface area contributed by atoms with E-state index in [2.05, 4.69) is 5.32 Å². The Morgan fingerprint density at radius 1 is 1.22 bits per heavy atom. The number of likely N-dealkylation sites (N-methyl/N-ethyl adjacent to an activating group) is 1. The van der Waals surface area contributed by atoms with Crippen molar-refractivity contribution in [1.29, 1.82) is 0 Å². The Balaban J connectivity index is 2.37. The number of hydrogen-bond donors (Lipinski definition) is 1. The summed E-state index contributed by atoms with van der Waals surface area (Å²) in [7, 11) is 3.65. The highest BCUT2D eigenvalue weighted by molar-refractivity contribution is 6.01. The van der Waals surface area contributed by atoms with E-state index in [0.717, 1.165) is 0 Å². The van der Waals surface area contributed by atoms with Gasteiger partial charge in [-0.25, -0.2) is 4.79 Å². The van der Waals surface area contributed by atoms with Crippen LogP contribution < -0.4 is 5.32 Å². The number of nitrogens with zero attached hydrogens (tertiary/aromatic N) is 2. The van der Waals surface area contributed by atoms with Crippen LogP contribution in [0.5, 0.6) is 0 Å². The van der Waals surface area contributed by atoms with Crippen LogP contribution in [0.3, 0.4) is 0 Å². The monoisotopic (exact) mass is 327 g/mol. The molecule has 0 aliphatic carbocycles. The van der Waals surface area contributed by atoms with Crippen LogP contribution in [0.15, 0.2) is 0 Å². The van der Waals surface area contributed by atoms with Crippen LogP contribution in [-0.4, -0.2) is 60.3 Å². The molecule has 1 rings (SSSR count). The molecule has 1 unspecified atom stereocenters. The number of amides is 3. The van der Waals surface area contributed by atoms with Gasteiger partial charge in [0.05, 0.1) is 12.5 Å². The Morgan fingerprint density at radius 2 is 1.78 bits per heavy atom. The average molecular weight is 327 g/mol. The van der Waals surface area contributed by atoms with Crippen molar-refractivity contribution in [2.24, 2.45) is 5.92 Å². The average Bonchev–Trinajstić information content (AvgIpc) is 2.76. The Labute approximate surface area is 136 Å². The lowest BCUT2D eigenvalue weighted by atomic mass is 10.0. The van der Waals surface area contributed by atoms with Gasteiger partial charge in [0.2, 0.25) is 5.91 Å². The van der Waals surface area contributed by atoms with E-state index in [4.69, 9.17) is 4.84 Å². The Hall–Kier alpha value is -1.96. The standard InChI is InChI=1S/C15H25N3O5/c1-10(2)9-11(17(3)4)15(22)16-8-7-14(21)23-18-12(19)5-6-13(18)20/h10-11H,5-9H2,1-4H3,(H,16,22). The van der Waals surface area contributed by atoms with E-state index >= 15 is 0 Å². The molecule has 1 atom stereocenters. The number of imide groups is 1. The van der Waals surface area contributed by atoms with Gasteiger partial charge >= 0.3 is 5.97 Å². The molecule has 8 heteroatoms. The second kappa shape index (κ2) is 8.61. The van der Waals surface area contributed by atoms with Crippen molar-refractivity contribution in [3.63, 3.8) is 0 Å². The van der Waals surface area contributed by atoms with Crippen LogP contribution in [0.2, 0.25) is 0 Å². The zero-order chi connectivity index (χ0) is 17.6. The summed E-state index contributed by atoms with van der Waals surface area (Å²) in [5.74, 6) is -1.55. The van der Waals surface area contributed by atoms with E-state index in [-0.39, 0.29) is 37.8 Å². The minimum Gasteiger partial charge on any atom is -0.354 e. The van der Waals surface area contributed by atoms with Gasteiger partial charge in [-0.05, 0) is 26.4 Å². The lowest BCUT2D eigenvalue weighted by Crippen LogP contribution is -2.45. The summed E-state index contributed by atoms with van der Waals surface area (Å²) < 4.78 is 0. The molecule has 23 heavy (non-hydrogen) atoms. The zero-order valence-corrected chi connectivity index (χ0v) is 14.1. The second-order valence-electron chi connectivity index (χ2n) is 6.20. The summed E-state index contributed by atoms with van der Waals surface area (Å²) in [6.45, 7) is 4.16. The highest BCUT2D eigenvalue weighted by atomic mass is 16.7. The summed E-state index contributed by atoms with van der Waals surface area (Å²) in [6.07, 6.45) is 0.718. The molecule has 1 aliphatic rings. The first-order valence-corrected chi connectivity index (χ1v) is 7.73. The van der Waals surface area contributed by atoms with Gasteiger partial charge in [0.1, 0.15) is 0 Å². The predicted octanol–water partition coefficient (Wildman–Crippen LogP) is 0.0762. The van der Waals surface area contributed by atoms with Crippen molar-refractivity contribution >= 4 is 23.7 Å². The van der Waals surface area contributed by atoms with Crippen LogP contribution in [0.1, 0.15) is 39.5 Å². The van der Waals surface area contributed by atoms with Crippen molar-refractivity contribution in [3.8, 4) is 0 Å². The highest BCUT2D eigenvalue weighted by Gasteiger charge is 2.32. The first-order valence-electron chi connectivity index (χ1n) is 7.73. The van der Waals surface area contributed by atoms with Crippen molar-refractivity contribution in [2.75, 3.05) is 20.6 Å². The van der Waals surface area contributed by atoms with Crippen molar-refractivity contribution in [3.05, 3.63) is 0 Å². The Morgan fingerprint density at radius 3 is 2.26 bits per heavy atom. The smallest absolute Gasteiger partial charge is 0.334 e.